The number of allylic oxidation sites excluding steroid dienone is 1. The highest BCUT2D eigenvalue weighted by Gasteiger charge is 2.54. The van der Waals surface area contributed by atoms with Gasteiger partial charge in [0.25, 0.3) is 0 Å². The number of ether oxygens (including phenoxy) is 4. The summed E-state index contributed by atoms with van der Waals surface area (Å²) in [6.45, 7) is 7.10. The lowest BCUT2D eigenvalue weighted by Crippen LogP contribution is -2.53. The molecule has 5 nitrogen and oxygen atoms in total. The fourth-order valence-corrected chi connectivity index (χ4v) is 6.07. The molecule has 0 radical (unpaired) electrons. The van der Waals surface area contributed by atoms with Crippen LogP contribution in [-0.2, 0) is 23.7 Å². The number of rotatable bonds is 14. The van der Waals surface area contributed by atoms with Crippen molar-refractivity contribution in [3.8, 4) is 0 Å². The predicted octanol–water partition coefficient (Wildman–Crippen LogP) is 5.77. The van der Waals surface area contributed by atoms with Gasteiger partial charge in [0.2, 0.25) is 0 Å². The number of carbonyl (C=O) groups excluding carboxylic acids is 1. The molecule has 0 aliphatic heterocycles. The van der Waals surface area contributed by atoms with E-state index in [1.807, 2.05) is 0 Å². The van der Waals surface area contributed by atoms with Crippen molar-refractivity contribution in [2.75, 3.05) is 28.1 Å². The minimum absolute atomic E-state index is 0.114. The first kappa shape index (κ1) is 26.5. The van der Waals surface area contributed by atoms with Crippen LogP contribution in [0.3, 0.4) is 0 Å². The molecule has 0 spiro atoms. The molecule has 0 unspecified atom stereocenters. The molecular formula is C26H46O5. The molecule has 2 aliphatic carbocycles. The molecular weight excluding hydrogens is 392 g/mol. The summed E-state index contributed by atoms with van der Waals surface area (Å²) in [6.07, 6.45) is 14.0. The standard InChI is InChI=1S/C26H46O5/c1-7-8-9-10-12-19(2)21-16-15-20-22(13-11-14-23(20)31-18-28-4)26(21,3)24(27)17-25(29-5)30-6/h15-16,19-23,25H,7-14,17-18H2,1-6H3/t19-,20+,21+,22-,23-,26-/m1/s1. The third-order valence-electron chi connectivity index (χ3n) is 7.91. The molecule has 2 aliphatic rings. The van der Waals surface area contributed by atoms with E-state index in [9.17, 15) is 4.79 Å². The quantitative estimate of drug-likeness (QED) is 0.196. The Morgan fingerprint density at radius 2 is 1.84 bits per heavy atom. The second kappa shape index (κ2) is 13.1. The van der Waals surface area contributed by atoms with Gasteiger partial charge >= 0.3 is 0 Å². The highest BCUT2D eigenvalue weighted by atomic mass is 16.7. The first-order valence-corrected chi connectivity index (χ1v) is 12.3. The number of hydrogen-bond donors (Lipinski definition) is 0. The maximum atomic E-state index is 13.9. The first-order valence-electron chi connectivity index (χ1n) is 12.3. The Balaban J connectivity index is 2.30. The zero-order chi connectivity index (χ0) is 22.9. The predicted molar refractivity (Wildman–Crippen MR) is 124 cm³/mol. The lowest BCUT2D eigenvalue weighted by molar-refractivity contribution is -0.160. The Labute approximate surface area is 190 Å². The Hall–Kier alpha value is -0.750. The van der Waals surface area contributed by atoms with Crippen molar-refractivity contribution >= 4 is 5.78 Å². The maximum Gasteiger partial charge on any atom is 0.163 e. The van der Waals surface area contributed by atoms with E-state index in [2.05, 4.69) is 32.9 Å². The lowest BCUT2D eigenvalue weighted by Gasteiger charge is -2.53. The van der Waals surface area contributed by atoms with Gasteiger partial charge in [0.1, 0.15) is 12.6 Å². The second-order valence-corrected chi connectivity index (χ2v) is 9.77. The van der Waals surface area contributed by atoms with E-state index in [1.54, 1.807) is 21.3 Å². The van der Waals surface area contributed by atoms with Gasteiger partial charge in [-0.05, 0) is 30.6 Å². The van der Waals surface area contributed by atoms with Crippen molar-refractivity contribution in [2.24, 2.45) is 29.1 Å². The van der Waals surface area contributed by atoms with Crippen LogP contribution in [-0.4, -0.2) is 46.3 Å². The molecule has 0 aromatic carbocycles. The zero-order valence-corrected chi connectivity index (χ0v) is 20.7. The molecule has 2 rings (SSSR count). The SMILES string of the molecule is CCCCCC[C@@H](C)[C@@H]1C=C[C@H]2[C@@H](CCC[C@H]2OCOC)[C@]1(C)C(=O)CC(OC)OC. The fraction of sp³-hybridized carbons (Fsp3) is 0.885. The van der Waals surface area contributed by atoms with Crippen LogP contribution in [0.2, 0.25) is 0 Å². The van der Waals surface area contributed by atoms with Crippen molar-refractivity contribution in [1.82, 2.24) is 0 Å². The molecule has 31 heavy (non-hydrogen) atoms. The van der Waals surface area contributed by atoms with Gasteiger partial charge in [0.15, 0.2) is 6.29 Å². The number of methoxy groups -OCH3 is 3. The second-order valence-electron chi connectivity index (χ2n) is 9.77. The van der Waals surface area contributed by atoms with E-state index in [4.69, 9.17) is 18.9 Å². The number of ketones is 1. The van der Waals surface area contributed by atoms with Crippen LogP contribution < -0.4 is 0 Å². The molecule has 0 bridgehead atoms. The van der Waals surface area contributed by atoms with E-state index < -0.39 is 11.7 Å². The Morgan fingerprint density at radius 3 is 2.48 bits per heavy atom. The summed E-state index contributed by atoms with van der Waals surface area (Å²) < 4.78 is 22.0. The third-order valence-corrected chi connectivity index (χ3v) is 7.91. The molecule has 0 aromatic heterocycles. The van der Waals surface area contributed by atoms with Gasteiger partial charge < -0.3 is 18.9 Å². The van der Waals surface area contributed by atoms with Gasteiger partial charge in [-0.25, -0.2) is 0 Å². The molecule has 0 N–H and O–H groups in total. The van der Waals surface area contributed by atoms with Crippen molar-refractivity contribution < 1.29 is 23.7 Å². The number of carbonyl (C=O) groups is 1. The molecule has 0 saturated heterocycles. The van der Waals surface area contributed by atoms with Crippen LogP contribution in [0.25, 0.3) is 0 Å². The van der Waals surface area contributed by atoms with Gasteiger partial charge in [0, 0.05) is 32.7 Å². The normalized spacial score (nSPS) is 31.6. The van der Waals surface area contributed by atoms with Gasteiger partial charge in [-0.1, -0.05) is 71.4 Å². The smallest absolute Gasteiger partial charge is 0.163 e. The van der Waals surface area contributed by atoms with Gasteiger partial charge in [-0.3, -0.25) is 4.79 Å². The number of hydrogen-bond acceptors (Lipinski definition) is 5. The van der Waals surface area contributed by atoms with Crippen molar-refractivity contribution in [1.29, 1.82) is 0 Å². The monoisotopic (exact) mass is 438 g/mol. The van der Waals surface area contributed by atoms with Gasteiger partial charge in [-0.2, -0.15) is 0 Å². The van der Waals surface area contributed by atoms with Crippen LogP contribution >= 0.6 is 0 Å². The van der Waals surface area contributed by atoms with Gasteiger partial charge in [0.05, 0.1) is 12.5 Å². The van der Waals surface area contributed by atoms with Crippen LogP contribution in [0.15, 0.2) is 12.2 Å². The molecule has 0 amide bonds. The van der Waals surface area contributed by atoms with Crippen LogP contribution in [0.1, 0.15) is 78.6 Å². The highest BCUT2D eigenvalue weighted by Crippen LogP contribution is 2.55. The summed E-state index contributed by atoms with van der Waals surface area (Å²) in [6, 6.07) is 0. The van der Waals surface area contributed by atoms with Crippen molar-refractivity contribution in [3.05, 3.63) is 12.2 Å². The van der Waals surface area contributed by atoms with E-state index in [1.165, 1.54) is 25.7 Å². The molecule has 5 heteroatoms. The minimum atomic E-state index is -0.488. The molecule has 1 saturated carbocycles. The van der Waals surface area contributed by atoms with Crippen LogP contribution in [0, 0.1) is 29.1 Å². The Morgan fingerprint density at radius 1 is 1.10 bits per heavy atom. The average Bonchev–Trinajstić information content (AvgIpc) is 2.78. The summed E-state index contributed by atoms with van der Waals surface area (Å²) in [4.78, 5) is 13.9. The molecule has 0 heterocycles. The molecule has 0 aromatic rings. The first-order chi connectivity index (χ1) is 14.9. The summed E-state index contributed by atoms with van der Waals surface area (Å²) in [5, 5.41) is 0. The van der Waals surface area contributed by atoms with E-state index in [0.717, 1.165) is 25.7 Å². The Bertz CT molecular complexity index is 558. The Kier molecular flexibility index (Phi) is 11.2. The summed E-state index contributed by atoms with van der Waals surface area (Å²) >= 11 is 0. The van der Waals surface area contributed by atoms with Crippen LogP contribution in [0.5, 0.6) is 0 Å². The largest absolute Gasteiger partial charge is 0.359 e. The number of unbranched alkanes of at least 4 members (excludes halogenated alkanes) is 3. The average molecular weight is 439 g/mol. The van der Waals surface area contributed by atoms with Gasteiger partial charge in [-0.15, -0.1) is 0 Å². The fourth-order valence-electron chi connectivity index (χ4n) is 6.07. The topological polar surface area (TPSA) is 54.0 Å². The van der Waals surface area contributed by atoms with E-state index in [0.29, 0.717) is 19.1 Å². The summed E-state index contributed by atoms with van der Waals surface area (Å²) in [5.41, 5.74) is -0.437. The van der Waals surface area contributed by atoms with Crippen LogP contribution in [0.4, 0.5) is 0 Å². The van der Waals surface area contributed by atoms with E-state index >= 15 is 0 Å². The number of Topliss-reactive ketones (excluding diaryl/α,β-unsaturated/α-hetero) is 1. The lowest BCUT2D eigenvalue weighted by atomic mass is 9.51. The third kappa shape index (κ3) is 6.40. The molecule has 180 valence electrons. The van der Waals surface area contributed by atoms with E-state index in [-0.39, 0.29) is 29.6 Å². The highest BCUT2D eigenvalue weighted by molar-refractivity contribution is 5.86. The summed E-state index contributed by atoms with van der Waals surface area (Å²) in [5.74, 6) is 1.49. The summed E-state index contributed by atoms with van der Waals surface area (Å²) in [7, 11) is 4.88. The van der Waals surface area contributed by atoms with Crippen molar-refractivity contribution in [2.45, 2.75) is 91.0 Å². The molecule has 6 atom stereocenters. The maximum absolute atomic E-state index is 13.9. The zero-order valence-electron chi connectivity index (χ0n) is 20.7. The van der Waals surface area contributed by atoms with Crippen molar-refractivity contribution in [3.63, 3.8) is 0 Å². The minimum Gasteiger partial charge on any atom is -0.359 e. The number of fused-ring (bicyclic) bond motifs is 1. The molecule has 1 fully saturated rings.